The van der Waals surface area contributed by atoms with Crippen molar-refractivity contribution >= 4 is 28.8 Å². The molecule has 21 heavy (non-hydrogen) atoms. The molecule has 0 spiro atoms. The maximum Gasteiger partial charge on any atom is 0.147 e. The van der Waals surface area contributed by atoms with Gasteiger partial charge in [0.2, 0.25) is 0 Å². The van der Waals surface area contributed by atoms with Gasteiger partial charge in [0.15, 0.2) is 0 Å². The third kappa shape index (κ3) is 4.95. The molecule has 0 amide bonds. The van der Waals surface area contributed by atoms with Crippen molar-refractivity contribution in [2.75, 3.05) is 18.5 Å². The van der Waals surface area contributed by atoms with Crippen molar-refractivity contribution < 1.29 is 0 Å². The predicted molar refractivity (Wildman–Crippen MR) is 90.0 cm³/mol. The zero-order chi connectivity index (χ0) is 15.2. The molecule has 0 radical (unpaired) electrons. The average Bonchev–Trinajstić information content (AvgIpc) is 2.91. The Labute approximate surface area is 135 Å². The standard InChI is InChI=1S/C15H21ClN4S/c1-11(2)5-17-6-12-4-14(16)15(18-7-12)20(3)8-13-9-21-10-19-13/h4,7,9-11,17H,5-6,8H2,1-3H3. The van der Waals surface area contributed by atoms with E-state index in [1.165, 1.54) is 0 Å². The van der Waals surface area contributed by atoms with Crippen LogP contribution < -0.4 is 10.2 Å². The van der Waals surface area contributed by atoms with Crippen LogP contribution in [0.15, 0.2) is 23.2 Å². The molecule has 4 nitrogen and oxygen atoms in total. The fraction of sp³-hybridized carbons (Fsp3) is 0.467. The van der Waals surface area contributed by atoms with E-state index in [-0.39, 0.29) is 0 Å². The van der Waals surface area contributed by atoms with E-state index in [2.05, 4.69) is 29.1 Å². The first-order valence-electron chi connectivity index (χ1n) is 6.99. The Balaban J connectivity index is 1.98. The third-order valence-corrected chi connectivity index (χ3v) is 3.92. The first-order valence-corrected chi connectivity index (χ1v) is 8.31. The van der Waals surface area contributed by atoms with Crippen LogP contribution in [-0.4, -0.2) is 23.6 Å². The van der Waals surface area contributed by atoms with Crippen molar-refractivity contribution in [3.63, 3.8) is 0 Å². The summed E-state index contributed by atoms with van der Waals surface area (Å²) >= 11 is 7.95. The second kappa shape index (κ2) is 7.73. The Bertz CT molecular complexity index is 557. The molecule has 0 atom stereocenters. The topological polar surface area (TPSA) is 41.1 Å². The fourth-order valence-corrected chi connectivity index (χ4v) is 2.87. The van der Waals surface area contributed by atoms with Gasteiger partial charge in [-0.05, 0) is 24.1 Å². The van der Waals surface area contributed by atoms with Crippen LogP contribution in [0.3, 0.4) is 0 Å². The van der Waals surface area contributed by atoms with Gasteiger partial charge in [-0.3, -0.25) is 0 Å². The Morgan fingerprint density at radius 2 is 2.19 bits per heavy atom. The minimum atomic E-state index is 0.636. The lowest BCUT2D eigenvalue weighted by atomic mass is 10.2. The average molecular weight is 325 g/mol. The van der Waals surface area contributed by atoms with Gasteiger partial charge >= 0.3 is 0 Å². The molecule has 6 heteroatoms. The highest BCUT2D eigenvalue weighted by Crippen LogP contribution is 2.24. The quantitative estimate of drug-likeness (QED) is 0.845. The Morgan fingerprint density at radius 1 is 1.38 bits per heavy atom. The fourth-order valence-electron chi connectivity index (χ4n) is 1.99. The van der Waals surface area contributed by atoms with Gasteiger partial charge in [0.05, 0.1) is 22.8 Å². The van der Waals surface area contributed by atoms with Crippen LogP contribution in [0.25, 0.3) is 0 Å². The number of aromatic nitrogens is 2. The summed E-state index contributed by atoms with van der Waals surface area (Å²) in [4.78, 5) is 10.8. The molecular weight excluding hydrogens is 304 g/mol. The van der Waals surface area contributed by atoms with Crippen molar-refractivity contribution in [2.45, 2.75) is 26.9 Å². The number of rotatable bonds is 7. The van der Waals surface area contributed by atoms with Crippen LogP contribution in [0.2, 0.25) is 5.02 Å². The van der Waals surface area contributed by atoms with Crippen molar-refractivity contribution in [3.8, 4) is 0 Å². The Hall–Kier alpha value is -1.17. The summed E-state index contributed by atoms with van der Waals surface area (Å²) in [6, 6.07) is 1.98. The zero-order valence-corrected chi connectivity index (χ0v) is 14.2. The molecule has 0 aliphatic rings. The van der Waals surface area contributed by atoms with Crippen LogP contribution in [0, 0.1) is 5.92 Å². The van der Waals surface area contributed by atoms with Crippen molar-refractivity contribution in [1.29, 1.82) is 0 Å². The number of nitrogens with one attached hydrogen (secondary N) is 1. The van der Waals surface area contributed by atoms with Crippen LogP contribution in [0.5, 0.6) is 0 Å². The molecular formula is C15H21ClN4S. The van der Waals surface area contributed by atoms with Gasteiger partial charge in [0.1, 0.15) is 5.82 Å². The molecule has 2 heterocycles. The van der Waals surface area contributed by atoms with Gasteiger partial charge in [-0.2, -0.15) is 0 Å². The van der Waals surface area contributed by atoms with Gasteiger partial charge in [0, 0.05) is 25.2 Å². The van der Waals surface area contributed by atoms with E-state index in [1.54, 1.807) is 11.3 Å². The van der Waals surface area contributed by atoms with Gasteiger partial charge < -0.3 is 10.2 Å². The van der Waals surface area contributed by atoms with Crippen molar-refractivity contribution in [2.24, 2.45) is 5.92 Å². The van der Waals surface area contributed by atoms with Gasteiger partial charge in [-0.15, -0.1) is 11.3 Å². The lowest BCUT2D eigenvalue weighted by Crippen LogP contribution is -2.20. The number of hydrogen-bond donors (Lipinski definition) is 1. The number of nitrogens with zero attached hydrogens (tertiary/aromatic N) is 3. The second-order valence-electron chi connectivity index (χ2n) is 5.51. The van der Waals surface area contributed by atoms with Crippen molar-refractivity contribution in [1.82, 2.24) is 15.3 Å². The molecule has 0 fully saturated rings. The SMILES string of the molecule is CC(C)CNCc1cnc(N(C)Cc2cscn2)c(Cl)c1. The van der Waals surface area contributed by atoms with E-state index in [4.69, 9.17) is 11.6 Å². The predicted octanol–water partition coefficient (Wildman–Crippen LogP) is 3.57. The Kier molecular flexibility index (Phi) is 5.96. The highest BCUT2D eigenvalue weighted by molar-refractivity contribution is 7.07. The van der Waals surface area contributed by atoms with E-state index in [0.29, 0.717) is 17.5 Å². The molecule has 114 valence electrons. The van der Waals surface area contributed by atoms with Gasteiger partial charge in [0.25, 0.3) is 0 Å². The lowest BCUT2D eigenvalue weighted by Gasteiger charge is -2.18. The molecule has 2 aromatic heterocycles. The number of thiazole rings is 1. The minimum Gasteiger partial charge on any atom is -0.353 e. The Morgan fingerprint density at radius 3 is 2.81 bits per heavy atom. The lowest BCUT2D eigenvalue weighted by molar-refractivity contribution is 0.552. The maximum absolute atomic E-state index is 6.36. The van der Waals surface area contributed by atoms with Crippen molar-refractivity contribution in [3.05, 3.63) is 39.4 Å². The summed E-state index contributed by atoms with van der Waals surface area (Å²) in [6.07, 6.45) is 1.88. The summed E-state index contributed by atoms with van der Waals surface area (Å²) in [7, 11) is 1.98. The monoisotopic (exact) mass is 324 g/mol. The molecule has 0 saturated carbocycles. The number of halogens is 1. The summed E-state index contributed by atoms with van der Waals surface area (Å²) in [5.41, 5.74) is 3.97. The van der Waals surface area contributed by atoms with Gasteiger partial charge in [-0.25, -0.2) is 9.97 Å². The third-order valence-electron chi connectivity index (χ3n) is 3.00. The molecule has 0 bridgehead atoms. The zero-order valence-electron chi connectivity index (χ0n) is 12.6. The molecule has 0 saturated heterocycles. The first-order chi connectivity index (χ1) is 10.1. The summed E-state index contributed by atoms with van der Waals surface area (Å²) in [5.74, 6) is 1.43. The highest BCUT2D eigenvalue weighted by Gasteiger charge is 2.10. The molecule has 2 rings (SSSR count). The van der Waals surface area contributed by atoms with Crippen LogP contribution in [0.1, 0.15) is 25.1 Å². The number of hydrogen-bond acceptors (Lipinski definition) is 5. The molecule has 0 aliphatic carbocycles. The van der Waals surface area contributed by atoms with E-state index in [1.807, 2.05) is 35.1 Å². The molecule has 0 unspecified atom stereocenters. The van der Waals surface area contributed by atoms with Gasteiger partial charge in [-0.1, -0.05) is 25.4 Å². The molecule has 2 aromatic rings. The first kappa shape index (κ1) is 16.2. The van der Waals surface area contributed by atoms with E-state index in [9.17, 15) is 0 Å². The summed E-state index contributed by atoms with van der Waals surface area (Å²) < 4.78 is 0. The minimum absolute atomic E-state index is 0.636. The van der Waals surface area contributed by atoms with Crippen LogP contribution in [-0.2, 0) is 13.1 Å². The molecule has 1 N–H and O–H groups in total. The maximum atomic E-state index is 6.36. The second-order valence-corrected chi connectivity index (χ2v) is 6.64. The number of anilines is 1. The van der Waals surface area contributed by atoms with E-state index < -0.39 is 0 Å². The smallest absolute Gasteiger partial charge is 0.147 e. The normalized spacial score (nSPS) is 11.1. The largest absolute Gasteiger partial charge is 0.353 e. The summed E-state index contributed by atoms with van der Waals surface area (Å²) in [5, 5.41) is 6.11. The highest BCUT2D eigenvalue weighted by atomic mass is 35.5. The summed E-state index contributed by atoms with van der Waals surface area (Å²) in [6.45, 7) is 6.87. The molecule has 0 aliphatic heterocycles. The number of pyridine rings is 1. The van der Waals surface area contributed by atoms with Crippen LogP contribution in [0.4, 0.5) is 5.82 Å². The van der Waals surface area contributed by atoms with Crippen LogP contribution >= 0.6 is 22.9 Å². The van der Waals surface area contributed by atoms with E-state index >= 15 is 0 Å². The molecule has 0 aromatic carbocycles. The van der Waals surface area contributed by atoms with E-state index in [0.717, 1.165) is 30.2 Å².